The average Bonchev–Trinajstić information content (AvgIpc) is 2.99. The fourth-order valence-electron chi connectivity index (χ4n) is 5.39. The largest absolute Gasteiger partial charge is 0.0791 e. The van der Waals surface area contributed by atoms with E-state index in [2.05, 4.69) is 136 Å². The third-order valence-corrected chi connectivity index (χ3v) is 7.84. The Morgan fingerprint density at radius 2 is 1.44 bits per heavy atom. The first-order valence-electron chi connectivity index (χ1n) is 9.45. The number of fused-ring (bicyclic) bond motifs is 3. The fourth-order valence-corrected chi connectivity index (χ4v) is 6.57. The molecule has 134 valence electrons. The van der Waals surface area contributed by atoms with Gasteiger partial charge in [0.05, 0.1) is 0 Å². The van der Waals surface area contributed by atoms with E-state index < -0.39 is 0 Å². The highest BCUT2D eigenvalue weighted by Gasteiger charge is 2.57. The molecule has 2 aromatic carbocycles. The van der Waals surface area contributed by atoms with E-state index in [1.807, 2.05) is 0 Å². The minimum Gasteiger partial charge on any atom is -0.0791 e. The van der Waals surface area contributed by atoms with Crippen LogP contribution in [0.1, 0.15) is 17.5 Å². The summed E-state index contributed by atoms with van der Waals surface area (Å²) in [5.41, 5.74) is 4.33. The van der Waals surface area contributed by atoms with Crippen LogP contribution in [0.5, 0.6) is 0 Å². The summed E-state index contributed by atoms with van der Waals surface area (Å²) in [6.07, 6.45) is 13.3. The minimum atomic E-state index is -0.0935. The molecular formula is C25H20I2. The lowest BCUT2D eigenvalue weighted by atomic mass is 9.63. The summed E-state index contributed by atoms with van der Waals surface area (Å²) >= 11 is 4.98. The van der Waals surface area contributed by atoms with Gasteiger partial charge in [-0.05, 0) is 86.2 Å². The Kier molecular flexibility index (Phi) is 4.67. The molecule has 2 heteroatoms. The van der Waals surface area contributed by atoms with E-state index in [0.717, 1.165) is 6.42 Å². The Labute approximate surface area is 188 Å². The highest BCUT2D eigenvalue weighted by Crippen LogP contribution is 2.63. The van der Waals surface area contributed by atoms with Crippen molar-refractivity contribution in [3.05, 3.63) is 115 Å². The molecule has 5 rings (SSSR count). The van der Waals surface area contributed by atoms with Crippen LogP contribution in [0, 0.1) is 17.8 Å². The van der Waals surface area contributed by atoms with Crippen molar-refractivity contribution in [1.82, 2.24) is 0 Å². The molecule has 0 spiro atoms. The van der Waals surface area contributed by atoms with Crippen molar-refractivity contribution in [3.63, 3.8) is 0 Å². The Morgan fingerprint density at radius 3 is 2.07 bits per heavy atom. The van der Waals surface area contributed by atoms with Gasteiger partial charge in [-0.2, -0.15) is 0 Å². The Balaban J connectivity index is 1.87. The number of rotatable bonds is 2. The lowest BCUT2D eigenvalue weighted by molar-refractivity contribution is 0.395. The van der Waals surface area contributed by atoms with Crippen LogP contribution in [-0.4, -0.2) is 0 Å². The topological polar surface area (TPSA) is 0 Å². The fraction of sp³-hybridized carbons (Fsp3) is 0.200. The summed E-state index contributed by atoms with van der Waals surface area (Å²) in [5.74, 6) is 1.58. The van der Waals surface area contributed by atoms with Crippen LogP contribution in [0.3, 0.4) is 0 Å². The summed E-state index contributed by atoms with van der Waals surface area (Å²) in [5, 5.41) is 0. The summed E-state index contributed by atoms with van der Waals surface area (Å²) in [4.78, 5) is 0. The first kappa shape index (κ1) is 17.9. The van der Waals surface area contributed by atoms with Gasteiger partial charge in [0.1, 0.15) is 0 Å². The van der Waals surface area contributed by atoms with Gasteiger partial charge in [0, 0.05) is 18.5 Å². The molecule has 27 heavy (non-hydrogen) atoms. The van der Waals surface area contributed by atoms with Gasteiger partial charge in [-0.3, -0.25) is 0 Å². The van der Waals surface area contributed by atoms with Gasteiger partial charge in [0.15, 0.2) is 0 Å². The average molecular weight is 574 g/mol. The Bertz CT molecular complexity index is 940. The Hall–Kier alpha value is -1.14. The quantitative estimate of drug-likeness (QED) is 0.329. The number of benzene rings is 2. The first-order chi connectivity index (χ1) is 13.2. The molecule has 3 aliphatic rings. The van der Waals surface area contributed by atoms with Gasteiger partial charge in [-0.25, -0.2) is 0 Å². The monoisotopic (exact) mass is 574 g/mol. The molecule has 0 amide bonds. The maximum atomic E-state index is 2.53. The highest BCUT2D eigenvalue weighted by atomic mass is 127. The second-order valence-corrected chi connectivity index (χ2v) is 10.1. The second kappa shape index (κ2) is 7.03. The Morgan fingerprint density at radius 1 is 0.815 bits per heavy atom. The van der Waals surface area contributed by atoms with Crippen molar-refractivity contribution in [3.8, 4) is 0 Å². The SMILES string of the molecule is IC1=CCC2C(=C1)C(c1ccccc1)(c1ccccc1)C1C=C(I)C=CC21. The molecule has 0 saturated heterocycles. The third kappa shape index (κ3) is 2.74. The van der Waals surface area contributed by atoms with Crippen molar-refractivity contribution in [2.45, 2.75) is 11.8 Å². The van der Waals surface area contributed by atoms with Gasteiger partial charge >= 0.3 is 0 Å². The van der Waals surface area contributed by atoms with E-state index in [1.54, 1.807) is 5.57 Å². The van der Waals surface area contributed by atoms with E-state index >= 15 is 0 Å². The van der Waals surface area contributed by atoms with E-state index in [-0.39, 0.29) is 5.41 Å². The lowest BCUT2D eigenvalue weighted by Crippen LogP contribution is -2.35. The molecule has 0 nitrogen and oxygen atoms in total. The summed E-state index contributed by atoms with van der Waals surface area (Å²) in [7, 11) is 0. The van der Waals surface area contributed by atoms with Crippen molar-refractivity contribution >= 4 is 45.2 Å². The van der Waals surface area contributed by atoms with Gasteiger partial charge in [0.25, 0.3) is 0 Å². The van der Waals surface area contributed by atoms with Crippen LogP contribution < -0.4 is 0 Å². The summed E-state index contributed by atoms with van der Waals surface area (Å²) < 4.78 is 2.73. The van der Waals surface area contributed by atoms with Gasteiger partial charge in [0.2, 0.25) is 0 Å². The first-order valence-corrected chi connectivity index (χ1v) is 11.6. The molecule has 2 aromatic rings. The molecule has 3 atom stereocenters. The molecule has 0 bridgehead atoms. The normalized spacial score (nSPS) is 27.9. The smallest absolute Gasteiger partial charge is 0.0486 e. The minimum absolute atomic E-state index is 0.0935. The van der Waals surface area contributed by atoms with E-state index in [9.17, 15) is 0 Å². The zero-order valence-electron chi connectivity index (χ0n) is 14.9. The van der Waals surface area contributed by atoms with Crippen LogP contribution in [0.2, 0.25) is 0 Å². The predicted octanol–water partition coefficient (Wildman–Crippen LogP) is 7.37. The zero-order valence-corrected chi connectivity index (χ0v) is 19.2. The molecule has 0 heterocycles. The number of halogens is 2. The molecule has 0 aromatic heterocycles. The van der Waals surface area contributed by atoms with E-state index in [4.69, 9.17) is 0 Å². The molecule has 1 saturated carbocycles. The van der Waals surface area contributed by atoms with Crippen molar-refractivity contribution in [2.24, 2.45) is 17.8 Å². The van der Waals surface area contributed by atoms with Crippen molar-refractivity contribution in [2.75, 3.05) is 0 Å². The van der Waals surface area contributed by atoms with Crippen molar-refractivity contribution in [1.29, 1.82) is 0 Å². The van der Waals surface area contributed by atoms with Gasteiger partial charge in [-0.15, -0.1) is 0 Å². The second-order valence-electron chi connectivity index (χ2n) is 7.58. The van der Waals surface area contributed by atoms with Crippen molar-refractivity contribution < 1.29 is 0 Å². The molecule has 0 N–H and O–H groups in total. The highest BCUT2D eigenvalue weighted by molar-refractivity contribution is 14.1. The third-order valence-electron chi connectivity index (χ3n) is 6.37. The molecule has 3 aliphatic carbocycles. The zero-order chi connectivity index (χ0) is 18.4. The standard InChI is InChI=1S/C25H20I2/c26-19-11-13-21-22-14-12-20(27)16-24(22)25(23(21)15-19,17-7-3-1-4-8-17)18-9-5-2-6-10-18/h1-13,15-16,21-23H,14H2. The van der Waals surface area contributed by atoms with Crippen LogP contribution in [0.4, 0.5) is 0 Å². The van der Waals surface area contributed by atoms with Crippen LogP contribution >= 0.6 is 45.2 Å². The molecule has 3 unspecified atom stereocenters. The van der Waals surface area contributed by atoms with Crippen LogP contribution in [0.15, 0.2) is 104 Å². The van der Waals surface area contributed by atoms with Crippen LogP contribution in [-0.2, 0) is 5.41 Å². The molecule has 0 radical (unpaired) electrons. The maximum absolute atomic E-state index is 2.53. The number of hydrogen-bond acceptors (Lipinski definition) is 0. The molecule has 1 fully saturated rings. The molecule has 0 aliphatic heterocycles. The van der Waals surface area contributed by atoms with E-state index in [0.29, 0.717) is 17.8 Å². The molecular weight excluding hydrogens is 554 g/mol. The van der Waals surface area contributed by atoms with Gasteiger partial charge < -0.3 is 0 Å². The van der Waals surface area contributed by atoms with Crippen LogP contribution in [0.25, 0.3) is 0 Å². The number of allylic oxidation sites excluding steroid dienone is 8. The summed E-state index contributed by atoms with van der Waals surface area (Å²) in [6, 6.07) is 22.4. The predicted molar refractivity (Wildman–Crippen MR) is 130 cm³/mol. The lowest BCUT2D eigenvalue weighted by Gasteiger charge is -2.39. The van der Waals surface area contributed by atoms with E-state index in [1.165, 1.54) is 18.3 Å². The summed E-state index contributed by atoms with van der Waals surface area (Å²) in [6.45, 7) is 0. The van der Waals surface area contributed by atoms with Gasteiger partial charge in [-0.1, -0.05) is 85.0 Å². The number of hydrogen-bond donors (Lipinski definition) is 0. The maximum Gasteiger partial charge on any atom is 0.0486 e.